The number of hydrogen-bond donors (Lipinski definition) is 4. The molecule has 5 atom stereocenters. The van der Waals surface area contributed by atoms with E-state index in [4.69, 9.17) is 16.0 Å². The van der Waals surface area contributed by atoms with Crippen molar-refractivity contribution >= 4 is 17.5 Å². The van der Waals surface area contributed by atoms with Crippen molar-refractivity contribution in [3.8, 4) is 6.07 Å². The third-order valence-corrected chi connectivity index (χ3v) is 9.05. The number of carbonyl (C=O) groups excluding carboxylic acids is 2. The van der Waals surface area contributed by atoms with Gasteiger partial charge in [0.2, 0.25) is 11.8 Å². The average molecular weight is 568 g/mol. The summed E-state index contributed by atoms with van der Waals surface area (Å²) in [6.07, 6.45) is 3.31. The highest BCUT2D eigenvalue weighted by molar-refractivity contribution is 5.93. The molecule has 2 fully saturated rings. The molecule has 216 valence electrons. The first-order valence-corrected chi connectivity index (χ1v) is 14.1. The normalized spacial score (nSPS) is 24.5. The maximum atomic E-state index is 13.2. The Labute approximate surface area is 242 Å². The number of aromatic nitrogens is 2. The van der Waals surface area contributed by atoms with Crippen LogP contribution in [-0.2, 0) is 23.1 Å². The second-order valence-electron chi connectivity index (χ2n) is 11.7. The quantitative estimate of drug-likeness (QED) is 0.317. The van der Waals surface area contributed by atoms with Crippen molar-refractivity contribution in [1.29, 1.82) is 5.26 Å². The summed E-state index contributed by atoms with van der Waals surface area (Å²) in [5, 5.41) is 17.1. The highest BCUT2D eigenvalue weighted by Gasteiger charge is 2.54. The number of nitrogens with one attached hydrogen (secondary N) is 2. The summed E-state index contributed by atoms with van der Waals surface area (Å²) in [4.78, 5) is 42.2. The Hall–Kier alpha value is -4.69. The van der Waals surface area contributed by atoms with Crippen LogP contribution in [0.15, 0.2) is 52.3 Å². The summed E-state index contributed by atoms with van der Waals surface area (Å²) in [6, 6.07) is 13.0. The van der Waals surface area contributed by atoms with Gasteiger partial charge in [0, 0.05) is 23.3 Å². The molecule has 2 aliphatic carbocycles. The monoisotopic (exact) mass is 567 g/mol. The first-order chi connectivity index (χ1) is 20.1. The minimum absolute atomic E-state index is 0.0697. The molecule has 3 aromatic rings. The molecule has 2 amide bonds. The number of nitrogens with zero attached hydrogens (tertiary/aromatic N) is 3. The van der Waals surface area contributed by atoms with Crippen LogP contribution >= 0.6 is 0 Å². The summed E-state index contributed by atoms with van der Waals surface area (Å²) in [6.45, 7) is 5.93. The average Bonchev–Trinajstić information content (AvgIpc) is 3.46. The van der Waals surface area contributed by atoms with E-state index < -0.39 is 17.1 Å². The second-order valence-corrected chi connectivity index (χ2v) is 11.7. The molecule has 11 nitrogen and oxygen atoms in total. The summed E-state index contributed by atoms with van der Waals surface area (Å²) in [5.41, 5.74) is 15.9. The van der Waals surface area contributed by atoms with E-state index in [1.54, 1.807) is 17.0 Å². The van der Waals surface area contributed by atoms with Crippen LogP contribution < -0.4 is 22.5 Å². The SMILES string of the molecule is C=C(N)c1ccc2c(c1)CCc1cc(C(N)=O)ccc1C2(C[C@H](C)NCC(=O)N1C(C#N)C[C@@H]2CC21)c1noc(=O)[nH]1. The molecule has 0 spiro atoms. The van der Waals surface area contributed by atoms with Crippen molar-refractivity contribution < 1.29 is 14.1 Å². The fraction of sp³-hybridized carbons (Fsp3) is 0.387. The molecule has 2 aromatic carbocycles. The van der Waals surface area contributed by atoms with Crippen molar-refractivity contribution in [1.82, 2.24) is 20.4 Å². The van der Waals surface area contributed by atoms with Crippen molar-refractivity contribution in [2.24, 2.45) is 17.4 Å². The van der Waals surface area contributed by atoms with Crippen molar-refractivity contribution in [3.63, 3.8) is 0 Å². The van der Waals surface area contributed by atoms with E-state index in [0.717, 1.165) is 40.7 Å². The van der Waals surface area contributed by atoms with Crippen LogP contribution in [-0.4, -0.2) is 51.5 Å². The first-order valence-electron chi connectivity index (χ1n) is 14.1. The van der Waals surface area contributed by atoms with Gasteiger partial charge >= 0.3 is 5.76 Å². The van der Waals surface area contributed by atoms with Gasteiger partial charge in [-0.05, 0) is 91.0 Å². The van der Waals surface area contributed by atoms with Gasteiger partial charge in [0.15, 0.2) is 5.82 Å². The van der Waals surface area contributed by atoms with Gasteiger partial charge in [-0.1, -0.05) is 29.9 Å². The number of aryl methyl sites for hydroxylation is 2. The standard InChI is InChI=1S/C31H33N7O4/c1-16(35-15-27(39)38-23(14-32)11-22-12-26(22)38)13-31(29-36-30(41)42-37-29)24-7-5-18(17(2)33)9-19(24)3-4-20-10-21(28(34)40)6-8-25(20)31/h5-10,16,22-23,26,35H,2-4,11-13,15,33H2,1H3,(H2,34,40)(H,36,37,41)/t16-,22+,23?,26?,31?/m0/s1. The predicted octanol–water partition coefficient (Wildman–Crippen LogP) is 1.71. The van der Waals surface area contributed by atoms with Gasteiger partial charge in [0.25, 0.3) is 0 Å². The third kappa shape index (κ3) is 4.58. The Morgan fingerprint density at radius 1 is 1.19 bits per heavy atom. The molecule has 2 heterocycles. The van der Waals surface area contributed by atoms with Gasteiger partial charge in [0.05, 0.1) is 18.0 Å². The number of piperidine rings is 1. The smallest absolute Gasteiger partial charge is 0.399 e. The van der Waals surface area contributed by atoms with E-state index in [-0.39, 0.29) is 30.6 Å². The second kappa shape index (κ2) is 10.3. The van der Waals surface area contributed by atoms with E-state index in [2.05, 4.69) is 28.1 Å². The van der Waals surface area contributed by atoms with Crippen LogP contribution in [0.5, 0.6) is 0 Å². The number of amides is 2. The molecule has 1 saturated heterocycles. The highest BCUT2D eigenvalue weighted by atomic mass is 16.5. The lowest BCUT2D eigenvalue weighted by Gasteiger charge is -2.37. The number of hydrogen-bond acceptors (Lipinski definition) is 8. The van der Waals surface area contributed by atoms with Gasteiger partial charge in [-0.25, -0.2) is 4.79 Å². The molecule has 1 saturated carbocycles. The van der Waals surface area contributed by atoms with Crippen LogP contribution in [0.3, 0.4) is 0 Å². The van der Waals surface area contributed by atoms with E-state index in [1.165, 1.54) is 0 Å². The summed E-state index contributed by atoms with van der Waals surface area (Å²) < 4.78 is 5.04. The molecule has 11 heteroatoms. The zero-order chi connectivity index (χ0) is 29.8. The molecule has 6 N–H and O–H groups in total. The lowest BCUT2D eigenvalue weighted by molar-refractivity contribution is -0.131. The summed E-state index contributed by atoms with van der Waals surface area (Å²) >= 11 is 0. The van der Waals surface area contributed by atoms with Crippen molar-refractivity contribution in [2.45, 2.75) is 62.6 Å². The summed E-state index contributed by atoms with van der Waals surface area (Å²) in [5.74, 6) is -0.578. The highest BCUT2D eigenvalue weighted by Crippen LogP contribution is 2.48. The topological polar surface area (TPSA) is 184 Å². The van der Waals surface area contributed by atoms with Crippen LogP contribution in [0.2, 0.25) is 0 Å². The van der Waals surface area contributed by atoms with Gasteiger partial charge in [-0.15, -0.1) is 0 Å². The lowest BCUT2D eigenvalue weighted by Crippen LogP contribution is -2.46. The molecule has 0 bridgehead atoms. The van der Waals surface area contributed by atoms with Gasteiger partial charge in [-0.3, -0.25) is 19.1 Å². The molecule has 1 aliphatic heterocycles. The number of primary amides is 1. The van der Waals surface area contributed by atoms with Crippen LogP contribution in [0.4, 0.5) is 0 Å². The maximum Gasteiger partial charge on any atom is 0.438 e. The Morgan fingerprint density at radius 3 is 2.45 bits per heavy atom. The van der Waals surface area contributed by atoms with Gasteiger partial charge < -0.3 is 21.7 Å². The fourth-order valence-corrected chi connectivity index (χ4v) is 7.00. The number of benzene rings is 2. The van der Waals surface area contributed by atoms with Crippen LogP contribution in [0, 0.1) is 17.2 Å². The van der Waals surface area contributed by atoms with Crippen LogP contribution in [0.1, 0.15) is 70.2 Å². The zero-order valence-electron chi connectivity index (χ0n) is 23.4. The Bertz CT molecular complexity index is 1630. The molecule has 3 unspecified atom stereocenters. The minimum Gasteiger partial charge on any atom is -0.399 e. The first kappa shape index (κ1) is 27.5. The summed E-state index contributed by atoms with van der Waals surface area (Å²) in [7, 11) is 0. The number of nitrogens with two attached hydrogens (primary N) is 2. The number of nitriles is 1. The third-order valence-electron chi connectivity index (χ3n) is 9.05. The van der Waals surface area contributed by atoms with Crippen molar-refractivity contribution in [3.05, 3.63) is 92.7 Å². The van der Waals surface area contributed by atoms with Crippen LogP contribution in [0.25, 0.3) is 5.70 Å². The Balaban J connectivity index is 1.43. The van der Waals surface area contributed by atoms with Gasteiger partial charge in [0.1, 0.15) is 6.04 Å². The van der Waals surface area contributed by atoms with Crippen molar-refractivity contribution in [2.75, 3.05) is 6.54 Å². The largest absolute Gasteiger partial charge is 0.438 e. The fourth-order valence-electron chi connectivity index (χ4n) is 7.00. The predicted molar refractivity (Wildman–Crippen MR) is 154 cm³/mol. The molecular formula is C31H33N7O4. The lowest BCUT2D eigenvalue weighted by atomic mass is 9.67. The molecule has 42 heavy (non-hydrogen) atoms. The molecular weight excluding hydrogens is 534 g/mol. The number of aromatic amines is 1. The van der Waals surface area contributed by atoms with E-state index in [0.29, 0.717) is 42.3 Å². The zero-order valence-corrected chi connectivity index (χ0v) is 23.4. The number of H-pyrrole nitrogens is 1. The number of likely N-dealkylation sites (tertiary alicyclic amines) is 1. The van der Waals surface area contributed by atoms with E-state index in [9.17, 15) is 19.6 Å². The molecule has 3 aliphatic rings. The Morgan fingerprint density at radius 2 is 1.86 bits per heavy atom. The van der Waals surface area contributed by atoms with Gasteiger partial charge in [-0.2, -0.15) is 5.26 Å². The Kier molecular flexibility index (Phi) is 6.74. The molecule has 1 aromatic heterocycles. The number of rotatable bonds is 8. The van der Waals surface area contributed by atoms with E-state index in [1.807, 2.05) is 31.2 Å². The molecule has 6 rings (SSSR count). The van der Waals surface area contributed by atoms with E-state index >= 15 is 0 Å². The minimum atomic E-state index is -1.02. The molecule has 0 radical (unpaired) electrons. The maximum absolute atomic E-state index is 13.2. The number of carbonyl (C=O) groups is 2. The number of fused-ring (bicyclic) bond motifs is 3.